The molecule has 0 spiro atoms. The highest BCUT2D eigenvalue weighted by atomic mass is 35.5. The molecule has 0 saturated carbocycles. The average Bonchev–Trinajstić information content (AvgIpc) is 2.48. The van der Waals surface area contributed by atoms with Gasteiger partial charge in [-0.15, -0.1) is 0 Å². The van der Waals surface area contributed by atoms with Crippen molar-refractivity contribution in [2.45, 2.75) is 13.0 Å². The number of hydrogen-bond acceptors (Lipinski definition) is 3. The van der Waals surface area contributed by atoms with Gasteiger partial charge in [-0.25, -0.2) is 4.79 Å². The average molecular weight is 290 g/mol. The van der Waals surface area contributed by atoms with Gasteiger partial charge in [0.15, 0.2) is 0 Å². The first-order chi connectivity index (χ1) is 9.60. The number of benzene rings is 2. The number of nitrogens with one attached hydrogen (secondary N) is 1. The maximum absolute atomic E-state index is 11.3. The number of anilines is 1. The van der Waals surface area contributed by atoms with E-state index < -0.39 is 0 Å². The van der Waals surface area contributed by atoms with Gasteiger partial charge in [0.1, 0.15) is 0 Å². The van der Waals surface area contributed by atoms with Crippen molar-refractivity contribution in [3.8, 4) is 0 Å². The molecule has 0 radical (unpaired) electrons. The van der Waals surface area contributed by atoms with Gasteiger partial charge in [0, 0.05) is 16.8 Å². The first-order valence-corrected chi connectivity index (χ1v) is 6.68. The van der Waals surface area contributed by atoms with Gasteiger partial charge in [-0.1, -0.05) is 23.7 Å². The Morgan fingerprint density at radius 2 is 1.70 bits per heavy atom. The first-order valence-electron chi connectivity index (χ1n) is 6.30. The van der Waals surface area contributed by atoms with E-state index in [-0.39, 0.29) is 12.0 Å². The lowest BCUT2D eigenvalue weighted by Crippen LogP contribution is -2.07. The molecule has 0 bridgehead atoms. The van der Waals surface area contributed by atoms with Gasteiger partial charge >= 0.3 is 5.97 Å². The minimum absolute atomic E-state index is 0.149. The van der Waals surface area contributed by atoms with Crippen LogP contribution in [0.15, 0.2) is 48.5 Å². The van der Waals surface area contributed by atoms with Gasteiger partial charge in [-0.05, 0) is 48.9 Å². The first kappa shape index (κ1) is 14.4. The SMILES string of the molecule is COC(=O)c1ccc(NC(C)c2ccc(Cl)cc2)cc1. The van der Waals surface area contributed by atoms with Crippen LogP contribution in [0.5, 0.6) is 0 Å². The van der Waals surface area contributed by atoms with Crippen molar-refractivity contribution in [2.24, 2.45) is 0 Å². The number of methoxy groups -OCH3 is 1. The van der Waals surface area contributed by atoms with Crippen LogP contribution in [0.25, 0.3) is 0 Å². The highest BCUT2D eigenvalue weighted by Crippen LogP contribution is 2.21. The zero-order chi connectivity index (χ0) is 14.5. The van der Waals surface area contributed by atoms with Crippen molar-refractivity contribution in [1.29, 1.82) is 0 Å². The van der Waals surface area contributed by atoms with Gasteiger partial charge in [0.25, 0.3) is 0 Å². The number of halogens is 1. The van der Waals surface area contributed by atoms with Crippen LogP contribution in [0, 0.1) is 0 Å². The lowest BCUT2D eigenvalue weighted by molar-refractivity contribution is 0.0601. The van der Waals surface area contributed by atoms with Gasteiger partial charge in [-0.3, -0.25) is 0 Å². The fraction of sp³-hybridized carbons (Fsp3) is 0.188. The van der Waals surface area contributed by atoms with Crippen LogP contribution in [0.3, 0.4) is 0 Å². The Balaban J connectivity index is 2.06. The summed E-state index contributed by atoms with van der Waals surface area (Å²) in [6, 6.07) is 15.1. The van der Waals surface area contributed by atoms with Crippen molar-refractivity contribution >= 4 is 23.3 Å². The number of hydrogen-bond donors (Lipinski definition) is 1. The molecule has 0 heterocycles. The van der Waals surface area contributed by atoms with Crippen LogP contribution >= 0.6 is 11.6 Å². The third-order valence-corrected chi connectivity index (χ3v) is 3.31. The Labute approximate surface area is 123 Å². The zero-order valence-corrected chi connectivity index (χ0v) is 12.1. The van der Waals surface area contributed by atoms with Crippen LogP contribution in [-0.2, 0) is 4.74 Å². The summed E-state index contributed by atoms with van der Waals surface area (Å²) in [5.74, 6) is -0.331. The highest BCUT2D eigenvalue weighted by Gasteiger charge is 2.07. The molecule has 3 nitrogen and oxygen atoms in total. The van der Waals surface area contributed by atoms with E-state index in [1.165, 1.54) is 7.11 Å². The van der Waals surface area contributed by atoms with Crippen LogP contribution in [0.4, 0.5) is 5.69 Å². The second-order valence-electron chi connectivity index (χ2n) is 4.49. The molecule has 0 aliphatic heterocycles. The molecule has 2 aromatic carbocycles. The monoisotopic (exact) mass is 289 g/mol. The summed E-state index contributed by atoms with van der Waals surface area (Å²) in [6.07, 6.45) is 0. The second kappa shape index (κ2) is 6.44. The summed E-state index contributed by atoms with van der Waals surface area (Å²) in [7, 11) is 1.37. The fourth-order valence-electron chi connectivity index (χ4n) is 1.91. The van der Waals surface area contributed by atoms with Crippen molar-refractivity contribution < 1.29 is 9.53 Å². The Morgan fingerprint density at radius 3 is 2.25 bits per heavy atom. The molecule has 1 atom stereocenters. The number of esters is 1. The van der Waals surface area contributed by atoms with E-state index in [9.17, 15) is 4.79 Å². The number of ether oxygens (including phenoxy) is 1. The molecule has 0 fully saturated rings. The van der Waals surface area contributed by atoms with E-state index in [1.807, 2.05) is 36.4 Å². The van der Waals surface area contributed by atoms with Crippen LogP contribution in [-0.4, -0.2) is 13.1 Å². The van der Waals surface area contributed by atoms with Crippen molar-refractivity contribution in [2.75, 3.05) is 12.4 Å². The topological polar surface area (TPSA) is 38.3 Å². The summed E-state index contributed by atoms with van der Waals surface area (Å²) in [4.78, 5) is 11.3. The van der Waals surface area contributed by atoms with Gasteiger partial charge in [0.05, 0.1) is 12.7 Å². The van der Waals surface area contributed by atoms with E-state index in [4.69, 9.17) is 11.6 Å². The number of rotatable bonds is 4. The van der Waals surface area contributed by atoms with Crippen molar-refractivity contribution in [1.82, 2.24) is 0 Å². The molecule has 0 aliphatic rings. The maximum Gasteiger partial charge on any atom is 0.337 e. The molecule has 0 saturated heterocycles. The van der Waals surface area contributed by atoms with E-state index in [1.54, 1.807) is 12.1 Å². The second-order valence-corrected chi connectivity index (χ2v) is 4.92. The Kier molecular flexibility index (Phi) is 4.64. The minimum atomic E-state index is -0.331. The number of carbonyl (C=O) groups excluding carboxylic acids is 1. The predicted molar refractivity (Wildman–Crippen MR) is 81.3 cm³/mol. The summed E-state index contributed by atoms with van der Waals surface area (Å²) in [5, 5.41) is 4.09. The Bertz CT molecular complexity index is 578. The molecule has 0 amide bonds. The predicted octanol–water partition coefficient (Wildman–Crippen LogP) is 4.30. The lowest BCUT2D eigenvalue weighted by Gasteiger charge is -2.16. The summed E-state index contributed by atoms with van der Waals surface area (Å²) >= 11 is 5.87. The molecule has 2 rings (SSSR count). The van der Waals surface area contributed by atoms with Crippen LogP contribution in [0.2, 0.25) is 5.02 Å². The van der Waals surface area contributed by atoms with Crippen LogP contribution in [0.1, 0.15) is 28.9 Å². The molecule has 0 aromatic heterocycles. The molecule has 2 aromatic rings. The standard InChI is InChI=1S/C16H16ClNO2/c1-11(12-3-7-14(17)8-4-12)18-15-9-5-13(6-10-15)16(19)20-2/h3-11,18H,1-2H3. The van der Waals surface area contributed by atoms with E-state index in [2.05, 4.69) is 17.0 Å². The molecule has 20 heavy (non-hydrogen) atoms. The minimum Gasteiger partial charge on any atom is -0.465 e. The Hall–Kier alpha value is -2.00. The molecule has 0 aliphatic carbocycles. The van der Waals surface area contributed by atoms with Crippen LogP contribution < -0.4 is 5.32 Å². The highest BCUT2D eigenvalue weighted by molar-refractivity contribution is 6.30. The quantitative estimate of drug-likeness (QED) is 0.853. The summed E-state index contributed by atoms with van der Waals surface area (Å²) < 4.78 is 4.67. The van der Waals surface area contributed by atoms with E-state index >= 15 is 0 Å². The molecule has 4 heteroatoms. The number of carbonyl (C=O) groups is 1. The zero-order valence-electron chi connectivity index (χ0n) is 11.4. The van der Waals surface area contributed by atoms with Crippen molar-refractivity contribution in [3.05, 3.63) is 64.7 Å². The lowest BCUT2D eigenvalue weighted by atomic mass is 10.1. The smallest absolute Gasteiger partial charge is 0.337 e. The Morgan fingerprint density at radius 1 is 1.10 bits per heavy atom. The van der Waals surface area contributed by atoms with Crippen molar-refractivity contribution in [3.63, 3.8) is 0 Å². The third-order valence-electron chi connectivity index (χ3n) is 3.06. The summed E-state index contributed by atoms with van der Waals surface area (Å²) in [5.41, 5.74) is 2.63. The fourth-order valence-corrected chi connectivity index (χ4v) is 2.03. The van der Waals surface area contributed by atoms with Gasteiger partial charge in [-0.2, -0.15) is 0 Å². The molecular formula is C16H16ClNO2. The van der Waals surface area contributed by atoms with Gasteiger partial charge < -0.3 is 10.1 Å². The molecule has 104 valence electrons. The summed E-state index contributed by atoms with van der Waals surface area (Å²) in [6.45, 7) is 2.07. The third kappa shape index (κ3) is 3.52. The van der Waals surface area contributed by atoms with E-state index in [0.717, 1.165) is 16.3 Å². The molecular weight excluding hydrogens is 274 g/mol. The van der Waals surface area contributed by atoms with Gasteiger partial charge in [0.2, 0.25) is 0 Å². The molecule has 1 N–H and O–H groups in total. The van der Waals surface area contributed by atoms with E-state index in [0.29, 0.717) is 5.56 Å². The normalized spacial score (nSPS) is 11.8. The largest absolute Gasteiger partial charge is 0.465 e. The molecule has 1 unspecified atom stereocenters. The maximum atomic E-state index is 11.3.